The van der Waals surface area contributed by atoms with E-state index in [0.717, 1.165) is 42.9 Å². The number of imide groups is 1. The molecule has 1 saturated heterocycles. The van der Waals surface area contributed by atoms with Gasteiger partial charge >= 0.3 is 6.03 Å². The second kappa shape index (κ2) is 6.78. The van der Waals surface area contributed by atoms with E-state index in [1.54, 1.807) is 0 Å². The number of nitrogens with zero attached hydrogens (tertiary/aromatic N) is 2. The van der Waals surface area contributed by atoms with Gasteiger partial charge in [0, 0.05) is 25.4 Å². The molecule has 23 heavy (non-hydrogen) atoms. The number of amides is 3. The zero-order chi connectivity index (χ0) is 16.2. The molecule has 0 aliphatic carbocycles. The third-order valence-corrected chi connectivity index (χ3v) is 4.08. The highest BCUT2D eigenvalue weighted by Crippen LogP contribution is 2.28. The van der Waals surface area contributed by atoms with Gasteiger partial charge in [0.25, 0.3) is 0 Å². The van der Waals surface area contributed by atoms with Crippen molar-refractivity contribution < 1.29 is 14.0 Å². The van der Waals surface area contributed by atoms with Crippen LogP contribution in [0.4, 0.5) is 4.79 Å². The molecule has 7 heteroatoms. The number of urea groups is 1. The van der Waals surface area contributed by atoms with Crippen LogP contribution in [-0.2, 0) is 4.79 Å². The Morgan fingerprint density at radius 2 is 2.22 bits per heavy atom. The lowest BCUT2D eigenvalue weighted by Crippen LogP contribution is -2.40. The highest BCUT2D eigenvalue weighted by atomic mass is 16.3. The number of nitrogens with two attached hydrogens (primary N) is 1. The fourth-order valence-corrected chi connectivity index (χ4v) is 2.98. The van der Waals surface area contributed by atoms with Gasteiger partial charge in [-0.05, 0) is 31.5 Å². The Bertz CT molecular complexity index is 679. The van der Waals surface area contributed by atoms with E-state index in [1.807, 2.05) is 24.3 Å². The first kappa shape index (κ1) is 15.5. The number of nitrogens with one attached hydrogen (secondary N) is 1. The second-order valence-corrected chi connectivity index (χ2v) is 5.82. The zero-order valence-electron chi connectivity index (χ0n) is 12.8. The molecule has 1 aliphatic heterocycles. The van der Waals surface area contributed by atoms with Crippen LogP contribution in [0.1, 0.15) is 31.1 Å². The maximum absolute atomic E-state index is 11.5. The summed E-state index contributed by atoms with van der Waals surface area (Å²) < 4.78 is 5.86. The summed E-state index contributed by atoms with van der Waals surface area (Å²) in [6.07, 6.45) is 2.31. The lowest BCUT2D eigenvalue weighted by molar-refractivity contribution is -0.120. The summed E-state index contributed by atoms with van der Waals surface area (Å²) in [6.45, 7) is 2.33. The van der Waals surface area contributed by atoms with E-state index in [-0.39, 0.29) is 18.2 Å². The van der Waals surface area contributed by atoms with Crippen LogP contribution in [0.15, 0.2) is 28.7 Å². The highest BCUT2D eigenvalue weighted by Gasteiger charge is 2.25. The molecule has 2 heterocycles. The number of benzene rings is 1. The topological polar surface area (TPSA) is 101 Å². The van der Waals surface area contributed by atoms with Gasteiger partial charge in [-0.3, -0.25) is 10.1 Å². The third-order valence-electron chi connectivity index (χ3n) is 4.08. The number of primary amides is 1. The summed E-state index contributed by atoms with van der Waals surface area (Å²) in [5.74, 6) is 0.648. The number of carbonyl (C=O) groups excluding carboxylic acids is 2. The predicted octanol–water partition coefficient (Wildman–Crippen LogP) is 1.59. The Kier molecular flexibility index (Phi) is 4.57. The van der Waals surface area contributed by atoms with Crippen LogP contribution in [0.5, 0.6) is 0 Å². The molecule has 0 spiro atoms. The number of piperidine rings is 1. The van der Waals surface area contributed by atoms with Crippen molar-refractivity contribution in [2.45, 2.75) is 25.2 Å². The Balaban J connectivity index is 1.59. The first-order valence-electron chi connectivity index (χ1n) is 7.79. The van der Waals surface area contributed by atoms with Crippen molar-refractivity contribution in [3.63, 3.8) is 0 Å². The molecule has 3 rings (SSSR count). The smallest absolute Gasteiger partial charge is 0.318 e. The molecule has 0 radical (unpaired) electrons. The summed E-state index contributed by atoms with van der Waals surface area (Å²) in [5.41, 5.74) is 6.61. The second-order valence-electron chi connectivity index (χ2n) is 5.82. The summed E-state index contributed by atoms with van der Waals surface area (Å²) in [5, 5.41) is 2.09. The predicted molar refractivity (Wildman–Crippen MR) is 84.8 cm³/mol. The van der Waals surface area contributed by atoms with Gasteiger partial charge in [0.2, 0.25) is 5.91 Å². The molecule has 0 unspecified atom stereocenters. The minimum Gasteiger partial charge on any atom is -0.440 e. The summed E-state index contributed by atoms with van der Waals surface area (Å²) in [4.78, 5) is 28.9. The average Bonchev–Trinajstić information content (AvgIpc) is 2.97. The van der Waals surface area contributed by atoms with E-state index >= 15 is 0 Å². The molecule has 1 aliphatic rings. The number of hydrogen-bond acceptors (Lipinski definition) is 5. The fourth-order valence-electron chi connectivity index (χ4n) is 2.98. The monoisotopic (exact) mass is 316 g/mol. The van der Waals surface area contributed by atoms with Crippen LogP contribution in [0.3, 0.4) is 0 Å². The fraction of sp³-hybridized carbons (Fsp3) is 0.438. The highest BCUT2D eigenvalue weighted by molar-refractivity contribution is 5.93. The molecule has 0 saturated carbocycles. The molecular weight excluding hydrogens is 296 g/mol. The van der Waals surface area contributed by atoms with Gasteiger partial charge in [0.15, 0.2) is 11.5 Å². The maximum atomic E-state index is 11.5. The van der Waals surface area contributed by atoms with Gasteiger partial charge in [-0.25, -0.2) is 9.78 Å². The molecule has 1 aromatic heterocycles. The van der Waals surface area contributed by atoms with Crippen molar-refractivity contribution in [3.05, 3.63) is 30.2 Å². The zero-order valence-corrected chi connectivity index (χ0v) is 12.8. The largest absolute Gasteiger partial charge is 0.440 e. The third kappa shape index (κ3) is 3.87. The molecule has 1 fully saturated rings. The van der Waals surface area contributed by atoms with Crippen molar-refractivity contribution in [1.29, 1.82) is 0 Å². The molecule has 1 atom stereocenters. The number of fused-ring (bicyclic) bond motifs is 1. The summed E-state index contributed by atoms with van der Waals surface area (Å²) >= 11 is 0. The Hall–Kier alpha value is -2.41. The number of oxazole rings is 1. The Morgan fingerprint density at radius 1 is 1.39 bits per heavy atom. The summed E-state index contributed by atoms with van der Waals surface area (Å²) in [7, 11) is 0. The van der Waals surface area contributed by atoms with Crippen molar-refractivity contribution in [3.8, 4) is 0 Å². The van der Waals surface area contributed by atoms with Crippen LogP contribution >= 0.6 is 0 Å². The van der Waals surface area contributed by atoms with Crippen LogP contribution < -0.4 is 11.1 Å². The molecule has 3 amide bonds. The Labute approximate surface area is 133 Å². The molecule has 7 nitrogen and oxygen atoms in total. The van der Waals surface area contributed by atoms with E-state index in [0.29, 0.717) is 6.54 Å². The van der Waals surface area contributed by atoms with Gasteiger partial charge < -0.3 is 15.1 Å². The van der Waals surface area contributed by atoms with Crippen molar-refractivity contribution in [2.24, 2.45) is 5.73 Å². The lowest BCUT2D eigenvalue weighted by Gasteiger charge is -2.30. The number of rotatable bonds is 4. The van der Waals surface area contributed by atoms with E-state index in [4.69, 9.17) is 10.2 Å². The van der Waals surface area contributed by atoms with Crippen molar-refractivity contribution >= 4 is 23.0 Å². The van der Waals surface area contributed by atoms with Gasteiger partial charge in [0.05, 0.1) is 0 Å². The minimum atomic E-state index is -0.807. The number of likely N-dealkylation sites (tertiary alicyclic amines) is 1. The molecule has 1 aromatic carbocycles. The normalized spacial score (nSPS) is 18.9. The van der Waals surface area contributed by atoms with Gasteiger partial charge in [-0.15, -0.1) is 0 Å². The number of aromatic nitrogens is 1. The quantitative estimate of drug-likeness (QED) is 0.892. The first-order chi connectivity index (χ1) is 11.1. The first-order valence-corrected chi connectivity index (χ1v) is 7.79. The molecule has 122 valence electrons. The molecule has 3 N–H and O–H groups in total. The van der Waals surface area contributed by atoms with Crippen molar-refractivity contribution in [1.82, 2.24) is 15.2 Å². The van der Waals surface area contributed by atoms with Crippen molar-refractivity contribution in [2.75, 3.05) is 19.6 Å². The standard InChI is InChI=1S/C16H20N4O3/c17-16(22)19-14(21)7-9-20-8-3-4-11(10-20)15-18-12-5-1-2-6-13(12)23-15/h1-2,5-6,11H,3-4,7-10H2,(H3,17,19,21,22)/t11-/m1/s1. The SMILES string of the molecule is NC(=O)NC(=O)CCN1CCC[C@@H](c2nc3ccccc3o2)C1. The lowest BCUT2D eigenvalue weighted by atomic mass is 9.98. The number of hydrogen-bond donors (Lipinski definition) is 2. The maximum Gasteiger partial charge on any atom is 0.318 e. The number of para-hydroxylation sites is 2. The van der Waals surface area contributed by atoms with Gasteiger partial charge in [0.1, 0.15) is 5.52 Å². The van der Waals surface area contributed by atoms with E-state index in [1.165, 1.54) is 0 Å². The van der Waals surface area contributed by atoms with Crippen LogP contribution in [0, 0.1) is 0 Å². The van der Waals surface area contributed by atoms with E-state index in [9.17, 15) is 9.59 Å². The average molecular weight is 316 g/mol. The van der Waals surface area contributed by atoms with Crippen LogP contribution in [-0.4, -0.2) is 41.5 Å². The van der Waals surface area contributed by atoms with Crippen LogP contribution in [0.25, 0.3) is 11.1 Å². The number of carbonyl (C=O) groups is 2. The molecular formula is C16H20N4O3. The van der Waals surface area contributed by atoms with E-state index < -0.39 is 6.03 Å². The van der Waals surface area contributed by atoms with Gasteiger partial charge in [-0.2, -0.15) is 0 Å². The van der Waals surface area contributed by atoms with E-state index in [2.05, 4.69) is 15.2 Å². The molecule has 2 aromatic rings. The summed E-state index contributed by atoms with van der Waals surface area (Å²) in [6, 6.07) is 6.93. The van der Waals surface area contributed by atoms with Crippen LogP contribution in [0.2, 0.25) is 0 Å². The minimum absolute atomic E-state index is 0.232. The molecule has 0 bridgehead atoms. The van der Waals surface area contributed by atoms with Gasteiger partial charge in [-0.1, -0.05) is 12.1 Å². The Morgan fingerprint density at radius 3 is 3.00 bits per heavy atom.